The van der Waals surface area contributed by atoms with Crippen molar-refractivity contribution >= 4 is 17.5 Å². The van der Waals surface area contributed by atoms with E-state index in [1.54, 1.807) is 4.68 Å². The first-order chi connectivity index (χ1) is 15.0. The fourth-order valence-corrected chi connectivity index (χ4v) is 4.45. The number of nitrogens with zero attached hydrogens (tertiary/aromatic N) is 3. The molecule has 0 radical (unpaired) electrons. The molecule has 2 saturated heterocycles. The summed E-state index contributed by atoms with van der Waals surface area (Å²) in [7, 11) is 0. The molecule has 0 N–H and O–H groups in total. The Balaban J connectivity index is 1.50. The number of benzene rings is 2. The van der Waals surface area contributed by atoms with Gasteiger partial charge in [-0.05, 0) is 31.2 Å². The van der Waals surface area contributed by atoms with E-state index in [4.69, 9.17) is 26.2 Å². The number of aromatic nitrogens is 2. The number of piperidine rings is 1. The molecule has 1 spiro atoms. The Kier molecular flexibility index (Phi) is 5.30. The Labute approximate surface area is 186 Å². The Morgan fingerprint density at radius 1 is 1.03 bits per heavy atom. The second-order valence-electron chi connectivity index (χ2n) is 8.04. The lowest BCUT2D eigenvalue weighted by Crippen LogP contribution is -2.47. The van der Waals surface area contributed by atoms with Crippen LogP contribution in [0.5, 0.6) is 0 Å². The Hall–Kier alpha value is -2.67. The highest BCUT2D eigenvalue weighted by molar-refractivity contribution is 6.33. The molecule has 1 amide bonds. The third-order valence-corrected chi connectivity index (χ3v) is 6.31. The van der Waals surface area contributed by atoms with Gasteiger partial charge >= 0.3 is 0 Å². The quantitative estimate of drug-likeness (QED) is 0.606. The molecule has 2 aliphatic heterocycles. The first kappa shape index (κ1) is 20.2. The maximum Gasteiger partial charge on any atom is 0.272 e. The number of ether oxygens (including phenoxy) is 2. The van der Waals surface area contributed by atoms with Gasteiger partial charge in [-0.25, -0.2) is 4.68 Å². The summed E-state index contributed by atoms with van der Waals surface area (Å²) in [6, 6.07) is 17.3. The lowest BCUT2D eigenvalue weighted by molar-refractivity contribution is -0.181. The van der Waals surface area contributed by atoms with Crippen molar-refractivity contribution in [2.75, 3.05) is 26.3 Å². The van der Waals surface area contributed by atoms with Gasteiger partial charge < -0.3 is 14.4 Å². The highest BCUT2D eigenvalue weighted by Gasteiger charge is 2.41. The van der Waals surface area contributed by atoms with Crippen LogP contribution in [0.3, 0.4) is 0 Å². The highest BCUT2D eigenvalue weighted by atomic mass is 35.5. The molecule has 7 heteroatoms. The number of hydrogen-bond acceptors (Lipinski definition) is 4. The van der Waals surface area contributed by atoms with E-state index in [9.17, 15) is 4.79 Å². The molecule has 1 aromatic heterocycles. The summed E-state index contributed by atoms with van der Waals surface area (Å²) in [5.74, 6) is -0.573. The van der Waals surface area contributed by atoms with Gasteiger partial charge in [0.25, 0.3) is 5.91 Å². The fourth-order valence-electron chi connectivity index (χ4n) is 4.21. The number of amides is 1. The number of halogens is 1. The van der Waals surface area contributed by atoms with E-state index in [1.165, 1.54) is 0 Å². The zero-order chi connectivity index (χ0) is 21.4. The summed E-state index contributed by atoms with van der Waals surface area (Å²) >= 11 is 6.41. The second-order valence-corrected chi connectivity index (χ2v) is 8.45. The van der Waals surface area contributed by atoms with E-state index in [0.717, 1.165) is 16.8 Å². The van der Waals surface area contributed by atoms with Crippen LogP contribution in [0.4, 0.5) is 0 Å². The molecule has 3 heterocycles. The van der Waals surface area contributed by atoms with Gasteiger partial charge in [0.05, 0.1) is 29.6 Å². The molecule has 160 valence electrons. The Bertz CT molecular complexity index is 1090. The van der Waals surface area contributed by atoms with Crippen LogP contribution >= 0.6 is 11.6 Å². The van der Waals surface area contributed by atoms with Crippen LogP contribution in [0, 0.1) is 6.92 Å². The van der Waals surface area contributed by atoms with Crippen LogP contribution < -0.4 is 0 Å². The van der Waals surface area contributed by atoms with Crippen molar-refractivity contribution in [1.29, 1.82) is 0 Å². The summed E-state index contributed by atoms with van der Waals surface area (Å²) in [6.45, 7) is 4.44. The normalized spacial score (nSPS) is 17.9. The van der Waals surface area contributed by atoms with Gasteiger partial charge in [0.1, 0.15) is 5.69 Å². The first-order valence-corrected chi connectivity index (χ1v) is 10.9. The minimum absolute atomic E-state index is 0.0563. The molecule has 2 fully saturated rings. The van der Waals surface area contributed by atoms with Crippen LogP contribution in [0.15, 0.2) is 54.6 Å². The van der Waals surface area contributed by atoms with E-state index in [2.05, 4.69) is 0 Å². The predicted molar refractivity (Wildman–Crippen MR) is 119 cm³/mol. The van der Waals surface area contributed by atoms with E-state index < -0.39 is 5.79 Å². The summed E-state index contributed by atoms with van der Waals surface area (Å²) in [6.07, 6.45) is 1.35. The lowest BCUT2D eigenvalue weighted by atomic mass is 10.0. The van der Waals surface area contributed by atoms with Gasteiger partial charge in [0.15, 0.2) is 5.79 Å². The standard InChI is InChI=1S/C24H24ClN3O3/c1-17-6-8-18(9-7-17)28-22(16-21(26-28)19-4-2-3-5-20(19)25)23(29)27-12-10-24(11-13-27)30-14-15-31-24/h2-9,16H,10-15H2,1H3. The third-order valence-electron chi connectivity index (χ3n) is 5.98. The summed E-state index contributed by atoms with van der Waals surface area (Å²) in [5.41, 5.74) is 3.97. The zero-order valence-corrected chi connectivity index (χ0v) is 18.1. The van der Waals surface area contributed by atoms with Gasteiger partial charge in [0.2, 0.25) is 0 Å². The largest absolute Gasteiger partial charge is 0.347 e. The molecular weight excluding hydrogens is 414 g/mol. The van der Waals surface area contributed by atoms with Crippen LogP contribution in [0.1, 0.15) is 28.9 Å². The molecule has 2 aliphatic rings. The molecule has 0 saturated carbocycles. The molecule has 6 nitrogen and oxygen atoms in total. The van der Waals surface area contributed by atoms with Crippen molar-refractivity contribution in [2.45, 2.75) is 25.6 Å². The average Bonchev–Trinajstić information content (AvgIpc) is 3.42. The van der Waals surface area contributed by atoms with Crippen molar-refractivity contribution in [3.8, 4) is 16.9 Å². The highest BCUT2D eigenvalue weighted by Crippen LogP contribution is 2.33. The monoisotopic (exact) mass is 437 g/mol. The second kappa shape index (κ2) is 8.11. The number of likely N-dealkylation sites (tertiary alicyclic amines) is 1. The number of carbonyl (C=O) groups excluding carboxylic acids is 1. The van der Waals surface area contributed by atoms with Gasteiger partial charge in [-0.15, -0.1) is 0 Å². The van der Waals surface area contributed by atoms with Crippen LogP contribution in [0.2, 0.25) is 5.02 Å². The van der Waals surface area contributed by atoms with Crippen molar-refractivity contribution in [2.24, 2.45) is 0 Å². The minimum Gasteiger partial charge on any atom is -0.347 e. The molecule has 31 heavy (non-hydrogen) atoms. The molecule has 0 atom stereocenters. The minimum atomic E-state index is -0.517. The van der Waals surface area contributed by atoms with Crippen molar-refractivity contribution in [1.82, 2.24) is 14.7 Å². The SMILES string of the molecule is Cc1ccc(-n2nc(-c3ccccc3Cl)cc2C(=O)N2CCC3(CC2)OCCO3)cc1. The maximum atomic E-state index is 13.5. The van der Waals surface area contributed by atoms with E-state index in [-0.39, 0.29) is 5.91 Å². The fraction of sp³-hybridized carbons (Fsp3) is 0.333. The van der Waals surface area contributed by atoms with E-state index >= 15 is 0 Å². The van der Waals surface area contributed by atoms with Crippen molar-refractivity contribution < 1.29 is 14.3 Å². The van der Waals surface area contributed by atoms with Crippen LogP contribution in [0.25, 0.3) is 16.9 Å². The smallest absolute Gasteiger partial charge is 0.272 e. The van der Waals surface area contributed by atoms with Gasteiger partial charge in [-0.2, -0.15) is 5.10 Å². The van der Waals surface area contributed by atoms with Gasteiger partial charge in [-0.1, -0.05) is 47.5 Å². The molecule has 5 rings (SSSR count). The number of aryl methyl sites for hydroxylation is 1. The van der Waals surface area contributed by atoms with Gasteiger partial charge in [-0.3, -0.25) is 4.79 Å². The number of carbonyl (C=O) groups is 1. The summed E-state index contributed by atoms with van der Waals surface area (Å²) in [5, 5.41) is 5.37. The third kappa shape index (κ3) is 3.87. The van der Waals surface area contributed by atoms with E-state index in [0.29, 0.717) is 55.6 Å². The summed E-state index contributed by atoms with van der Waals surface area (Å²) < 4.78 is 13.3. The molecule has 0 aliphatic carbocycles. The molecular formula is C24H24ClN3O3. The Morgan fingerprint density at radius 2 is 1.71 bits per heavy atom. The average molecular weight is 438 g/mol. The van der Waals surface area contributed by atoms with Crippen LogP contribution in [-0.4, -0.2) is 52.7 Å². The molecule has 2 aromatic carbocycles. The molecule has 0 unspecified atom stereocenters. The van der Waals surface area contributed by atoms with Crippen molar-refractivity contribution in [3.63, 3.8) is 0 Å². The van der Waals surface area contributed by atoms with Crippen molar-refractivity contribution in [3.05, 3.63) is 70.9 Å². The van der Waals surface area contributed by atoms with Gasteiger partial charge in [0, 0.05) is 31.5 Å². The predicted octanol–water partition coefficient (Wildman–Crippen LogP) is 4.48. The maximum absolute atomic E-state index is 13.5. The zero-order valence-electron chi connectivity index (χ0n) is 17.4. The molecule has 0 bridgehead atoms. The van der Waals surface area contributed by atoms with E-state index in [1.807, 2.05) is 66.4 Å². The lowest BCUT2D eigenvalue weighted by Gasteiger charge is -2.37. The summed E-state index contributed by atoms with van der Waals surface area (Å²) in [4.78, 5) is 15.4. The van der Waals surface area contributed by atoms with Crippen LogP contribution in [-0.2, 0) is 9.47 Å². The topological polar surface area (TPSA) is 56.6 Å². The first-order valence-electron chi connectivity index (χ1n) is 10.5. The molecule has 3 aromatic rings. The number of rotatable bonds is 3. The number of hydrogen-bond donors (Lipinski definition) is 0. The Morgan fingerprint density at radius 3 is 2.39 bits per heavy atom.